The van der Waals surface area contributed by atoms with E-state index in [4.69, 9.17) is 4.98 Å². The molecule has 0 aliphatic heterocycles. The second kappa shape index (κ2) is 9.28. The quantitative estimate of drug-likeness (QED) is 0.384. The predicted octanol–water partition coefficient (Wildman–Crippen LogP) is 4.47. The van der Waals surface area contributed by atoms with Gasteiger partial charge in [-0.1, -0.05) is 75.2 Å². The van der Waals surface area contributed by atoms with E-state index in [1.54, 1.807) is 6.33 Å². The van der Waals surface area contributed by atoms with Gasteiger partial charge in [-0.3, -0.25) is 0 Å². The normalized spacial score (nSPS) is 11.3. The first-order valence-electron chi connectivity index (χ1n) is 11.4. The van der Waals surface area contributed by atoms with Crippen LogP contribution in [0.3, 0.4) is 0 Å². The minimum atomic E-state index is 0.593. The molecular weight excluding hydrogens is 412 g/mol. The topological polar surface area (TPSA) is 97.5 Å². The first kappa shape index (κ1) is 20.9. The maximum atomic E-state index is 4.84. The van der Waals surface area contributed by atoms with Crippen molar-refractivity contribution in [3.63, 3.8) is 0 Å². The van der Waals surface area contributed by atoms with Gasteiger partial charge in [-0.05, 0) is 40.3 Å². The van der Waals surface area contributed by atoms with E-state index in [-0.39, 0.29) is 0 Å². The van der Waals surface area contributed by atoms with Crippen LogP contribution >= 0.6 is 0 Å². The Bertz CT molecular complexity index is 1350. The van der Waals surface area contributed by atoms with Gasteiger partial charge < -0.3 is 0 Å². The zero-order valence-corrected chi connectivity index (χ0v) is 18.9. The molecule has 166 valence electrons. The molecular formula is C25H26N8. The van der Waals surface area contributed by atoms with Crippen LogP contribution in [0.25, 0.3) is 28.3 Å². The Balaban J connectivity index is 1.51. The van der Waals surface area contributed by atoms with Gasteiger partial charge in [0.15, 0.2) is 0 Å². The van der Waals surface area contributed by atoms with E-state index in [0.717, 1.165) is 54.5 Å². The maximum Gasteiger partial charge on any atom is 0.252 e. The number of hydrogen-bond acceptors (Lipinski definition) is 6. The Morgan fingerprint density at radius 2 is 1.70 bits per heavy atom. The van der Waals surface area contributed by atoms with Gasteiger partial charge in [0.2, 0.25) is 5.82 Å². The smallest absolute Gasteiger partial charge is 0.216 e. The van der Waals surface area contributed by atoms with Crippen LogP contribution < -0.4 is 0 Å². The van der Waals surface area contributed by atoms with Gasteiger partial charge in [-0.2, -0.15) is 15.3 Å². The SMILES string of the molecule is CCCc1nc2ncnn2c(CCC)c1Cc1ccc(-c2ccccc2-c2nn[nH]n2)cc1. The molecule has 2 aromatic carbocycles. The number of benzene rings is 2. The monoisotopic (exact) mass is 438 g/mol. The molecule has 0 radical (unpaired) electrons. The number of aromatic nitrogens is 8. The summed E-state index contributed by atoms with van der Waals surface area (Å²) in [6.45, 7) is 4.39. The Morgan fingerprint density at radius 1 is 0.909 bits per heavy atom. The van der Waals surface area contributed by atoms with Gasteiger partial charge in [0.25, 0.3) is 5.78 Å². The number of aryl methyl sites for hydroxylation is 2. The highest BCUT2D eigenvalue weighted by atomic mass is 15.5. The van der Waals surface area contributed by atoms with Crippen LogP contribution in [0.15, 0.2) is 54.9 Å². The van der Waals surface area contributed by atoms with Crippen molar-refractivity contribution in [2.24, 2.45) is 0 Å². The molecule has 3 heterocycles. The van der Waals surface area contributed by atoms with Crippen LogP contribution in [0.5, 0.6) is 0 Å². The van der Waals surface area contributed by atoms with Crippen LogP contribution in [-0.4, -0.2) is 40.2 Å². The Morgan fingerprint density at radius 3 is 2.42 bits per heavy atom. The Kier molecular flexibility index (Phi) is 5.89. The van der Waals surface area contributed by atoms with Gasteiger partial charge in [-0.25, -0.2) is 9.50 Å². The minimum Gasteiger partial charge on any atom is -0.216 e. The number of tetrazole rings is 1. The number of nitrogens with one attached hydrogen (secondary N) is 1. The highest BCUT2D eigenvalue weighted by Crippen LogP contribution is 2.30. The van der Waals surface area contributed by atoms with E-state index in [0.29, 0.717) is 11.6 Å². The summed E-state index contributed by atoms with van der Waals surface area (Å²) in [6.07, 6.45) is 6.39. The van der Waals surface area contributed by atoms with Crippen LogP contribution in [-0.2, 0) is 19.3 Å². The summed E-state index contributed by atoms with van der Waals surface area (Å²) in [5, 5.41) is 19.0. The van der Waals surface area contributed by atoms with Crippen molar-refractivity contribution in [3.05, 3.63) is 77.4 Å². The molecule has 0 amide bonds. The van der Waals surface area contributed by atoms with Crippen molar-refractivity contribution >= 4 is 5.78 Å². The highest BCUT2D eigenvalue weighted by molar-refractivity contribution is 5.80. The van der Waals surface area contributed by atoms with Crippen molar-refractivity contribution in [3.8, 4) is 22.5 Å². The van der Waals surface area contributed by atoms with Crippen molar-refractivity contribution < 1.29 is 0 Å². The average molecular weight is 439 g/mol. The van der Waals surface area contributed by atoms with Crippen molar-refractivity contribution in [2.75, 3.05) is 0 Å². The van der Waals surface area contributed by atoms with Gasteiger partial charge in [-0.15, -0.1) is 10.2 Å². The summed E-state index contributed by atoms with van der Waals surface area (Å²) in [5.74, 6) is 1.29. The minimum absolute atomic E-state index is 0.593. The molecule has 0 unspecified atom stereocenters. The summed E-state index contributed by atoms with van der Waals surface area (Å²) < 4.78 is 1.91. The van der Waals surface area contributed by atoms with Crippen LogP contribution in [0.2, 0.25) is 0 Å². The lowest BCUT2D eigenvalue weighted by Gasteiger charge is -2.15. The van der Waals surface area contributed by atoms with Crippen molar-refractivity contribution in [1.82, 2.24) is 40.2 Å². The molecule has 8 nitrogen and oxygen atoms in total. The maximum absolute atomic E-state index is 4.84. The number of H-pyrrole nitrogens is 1. The zero-order chi connectivity index (χ0) is 22.6. The van der Waals surface area contributed by atoms with Crippen molar-refractivity contribution in [2.45, 2.75) is 46.0 Å². The molecule has 0 saturated heterocycles. The summed E-state index contributed by atoms with van der Waals surface area (Å²) >= 11 is 0. The molecule has 5 rings (SSSR count). The third-order valence-corrected chi connectivity index (χ3v) is 5.85. The lowest BCUT2D eigenvalue weighted by Crippen LogP contribution is -2.11. The van der Waals surface area contributed by atoms with E-state index in [1.807, 2.05) is 22.7 Å². The molecule has 5 aromatic rings. The summed E-state index contributed by atoms with van der Waals surface area (Å²) in [7, 11) is 0. The first-order chi connectivity index (χ1) is 16.3. The fourth-order valence-corrected chi connectivity index (χ4v) is 4.34. The van der Waals surface area contributed by atoms with E-state index in [2.05, 4.69) is 74.9 Å². The Labute approximate surface area is 192 Å². The van der Waals surface area contributed by atoms with E-state index in [9.17, 15) is 0 Å². The van der Waals surface area contributed by atoms with Gasteiger partial charge >= 0.3 is 0 Å². The third-order valence-electron chi connectivity index (χ3n) is 5.85. The molecule has 0 fully saturated rings. The van der Waals surface area contributed by atoms with Gasteiger partial charge in [0.1, 0.15) is 6.33 Å². The van der Waals surface area contributed by atoms with Gasteiger partial charge in [0.05, 0.1) is 5.69 Å². The standard InChI is InChI=1S/C25H26N8/c1-3-7-22-21(23(8-4-2)33-25(28-22)26-16-27-33)15-17-11-13-18(14-12-17)19-9-5-6-10-20(19)24-29-31-32-30-24/h5-6,9-14,16H,3-4,7-8,15H2,1-2H3,(H,29,30,31,32). The third kappa shape index (κ3) is 4.11. The van der Waals surface area contributed by atoms with E-state index in [1.165, 1.54) is 16.8 Å². The molecule has 0 aliphatic rings. The summed E-state index contributed by atoms with van der Waals surface area (Å²) in [6, 6.07) is 16.8. The molecule has 1 N–H and O–H groups in total. The van der Waals surface area contributed by atoms with Crippen LogP contribution in [0, 0.1) is 0 Å². The molecule has 0 atom stereocenters. The summed E-state index contributed by atoms with van der Waals surface area (Å²) in [4.78, 5) is 9.19. The largest absolute Gasteiger partial charge is 0.252 e. The fraction of sp³-hybridized carbons (Fsp3) is 0.280. The average Bonchev–Trinajstić information content (AvgIpc) is 3.54. The molecule has 0 bridgehead atoms. The molecule has 0 aliphatic carbocycles. The second-order valence-electron chi connectivity index (χ2n) is 8.11. The predicted molar refractivity (Wildman–Crippen MR) is 127 cm³/mol. The molecule has 33 heavy (non-hydrogen) atoms. The number of rotatable bonds is 8. The molecule has 0 spiro atoms. The zero-order valence-electron chi connectivity index (χ0n) is 18.9. The number of fused-ring (bicyclic) bond motifs is 1. The van der Waals surface area contributed by atoms with Crippen LogP contribution in [0.4, 0.5) is 0 Å². The lowest BCUT2D eigenvalue weighted by atomic mass is 9.94. The van der Waals surface area contributed by atoms with Crippen molar-refractivity contribution in [1.29, 1.82) is 0 Å². The molecule has 0 saturated carbocycles. The number of hydrogen-bond donors (Lipinski definition) is 1. The fourth-order valence-electron chi connectivity index (χ4n) is 4.34. The number of nitrogens with zero attached hydrogens (tertiary/aromatic N) is 7. The first-order valence-corrected chi connectivity index (χ1v) is 11.4. The number of aromatic amines is 1. The van der Waals surface area contributed by atoms with Crippen LogP contribution in [0.1, 0.15) is 49.2 Å². The lowest BCUT2D eigenvalue weighted by molar-refractivity contribution is 0.751. The second-order valence-corrected chi connectivity index (χ2v) is 8.11. The summed E-state index contributed by atoms with van der Waals surface area (Å²) in [5.41, 5.74) is 8.02. The molecule has 8 heteroatoms. The van der Waals surface area contributed by atoms with Gasteiger partial charge in [0, 0.05) is 17.7 Å². The molecule has 3 aromatic heterocycles. The van der Waals surface area contributed by atoms with E-state index >= 15 is 0 Å². The highest BCUT2D eigenvalue weighted by Gasteiger charge is 2.17. The Hall–Kier alpha value is -3.94. The van der Waals surface area contributed by atoms with E-state index < -0.39 is 0 Å².